The Morgan fingerprint density at radius 3 is 1.26 bits per heavy atom. The minimum absolute atomic E-state index is 0.131. The van der Waals surface area contributed by atoms with E-state index in [-0.39, 0.29) is 9.79 Å². The van der Waals surface area contributed by atoms with E-state index in [0.29, 0.717) is 7.57 Å². The van der Waals surface area contributed by atoms with E-state index < -0.39 is 30.2 Å². The first-order valence-electron chi connectivity index (χ1n) is 5.39. The van der Waals surface area contributed by atoms with Gasteiger partial charge in [-0.2, -0.15) is 0 Å². The number of thiophene rings is 1. The van der Waals surface area contributed by atoms with Crippen LogP contribution in [0.15, 0.2) is 17.4 Å². The Morgan fingerprint density at radius 2 is 1.05 bits per heavy atom. The molecule has 0 saturated carbocycles. The highest BCUT2D eigenvalue weighted by molar-refractivity contribution is 9.12. The molecule has 1 rings (SSSR count). The van der Waals surface area contributed by atoms with Crippen LogP contribution in [-0.2, 0) is 19.7 Å². The van der Waals surface area contributed by atoms with Crippen molar-refractivity contribution in [1.82, 2.24) is 0 Å². The number of halogens is 2. The van der Waals surface area contributed by atoms with Gasteiger partial charge in [0.1, 0.15) is 9.79 Å². The van der Waals surface area contributed by atoms with E-state index >= 15 is 0 Å². The maximum absolute atomic E-state index is 12.3. The van der Waals surface area contributed by atoms with Gasteiger partial charge in [0, 0.05) is 0 Å². The number of sulfone groups is 2. The van der Waals surface area contributed by atoms with Crippen LogP contribution in [0, 0.1) is 0 Å². The van der Waals surface area contributed by atoms with Crippen LogP contribution in [0.25, 0.3) is 0 Å². The molecule has 110 valence electrons. The minimum Gasteiger partial charge on any atom is -0.223 e. The molecular formula is C10H14Br2O4S3. The molecule has 1 heterocycles. The highest BCUT2D eigenvalue weighted by Gasteiger charge is 2.36. The maximum atomic E-state index is 12.3. The molecule has 0 atom stereocenters. The summed E-state index contributed by atoms with van der Waals surface area (Å²) in [6, 6.07) is 0. The van der Waals surface area contributed by atoms with Gasteiger partial charge in [-0.1, -0.05) is 0 Å². The molecule has 0 fully saturated rings. The van der Waals surface area contributed by atoms with Crippen molar-refractivity contribution in [2.75, 3.05) is 0 Å². The first kappa shape index (κ1) is 17.6. The summed E-state index contributed by atoms with van der Waals surface area (Å²) < 4.78 is 50.0. The average molecular weight is 454 g/mol. The summed E-state index contributed by atoms with van der Waals surface area (Å²) in [5, 5.41) is -1.38. The molecule has 0 N–H and O–H groups in total. The van der Waals surface area contributed by atoms with E-state index in [0.717, 1.165) is 11.3 Å². The monoisotopic (exact) mass is 452 g/mol. The Labute approximate surface area is 134 Å². The molecule has 1 aromatic rings. The van der Waals surface area contributed by atoms with Crippen molar-refractivity contribution in [3.05, 3.63) is 7.57 Å². The Balaban J connectivity index is 3.81. The van der Waals surface area contributed by atoms with Crippen molar-refractivity contribution in [2.24, 2.45) is 0 Å². The molecule has 9 heteroatoms. The van der Waals surface area contributed by atoms with Crippen LogP contribution in [0.1, 0.15) is 27.7 Å². The summed E-state index contributed by atoms with van der Waals surface area (Å²) in [5.41, 5.74) is 0. The second-order valence-corrected chi connectivity index (χ2v) is 13.0. The first-order chi connectivity index (χ1) is 8.44. The van der Waals surface area contributed by atoms with Gasteiger partial charge in [-0.05, 0) is 59.6 Å². The molecule has 0 unspecified atom stereocenters. The summed E-state index contributed by atoms with van der Waals surface area (Å²) in [4.78, 5) is -0.263. The fourth-order valence-corrected chi connectivity index (χ4v) is 9.37. The van der Waals surface area contributed by atoms with E-state index in [9.17, 15) is 16.8 Å². The van der Waals surface area contributed by atoms with Crippen LogP contribution in [0.3, 0.4) is 0 Å². The van der Waals surface area contributed by atoms with Gasteiger partial charge in [0.25, 0.3) is 0 Å². The van der Waals surface area contributed by atoms with Crippen molar-refractivity contribution in [3.8, 4) is 0 Å². The molecule has 19 heavy (non-hydrogen) atoms. The van der Waals surface area contributed by atoms with Crippen molar-refractivity contribution >= 4 is 62.9 Å². The molecule has 0 aliphatic carbocycles. The molecule has 0 aliphatic heterocycles. The van der Waals surface area contributed by atoms with Crippen molar-refractivity contribution in [1.29, 1.82) is 0 Å². The lowest BCUT2D eigenvalue weighted by Crippen LogP contribution is -2.20. The Hall–Kier alpha value is 0.560. The van der Waals surface area contributed by atoms with Crippen molar-refractivity contribution in [3.63, 3.8) is 0 Å². The van der Waals surface area contributed by atoms with Crippen LogP contribution in [0.5, 0.6) is 0 Å². The molecule has 0 radical (unpaired) electrons. The van der Waals surface area contributed by atoms with E-state index in [2.05, 4.69) is 31.9 Å². The fourth-order valence-electron chi connectivity index (χ4n) is 1.30. The first-order valence-corrected chi connectivity index (χ1v) is 10.9. The van der Waals surface area contributed by atoms with Gasteiger partial charge in [0.15, 0.2) is 19.7 Å². The highest BCUT2D eigenvalue weighted by Crippen LogP contribution is 2.44. The molecule has 4 nitrogen and oxygen atoms in total. The molecule has 0 aliphatic rings. The van der Waals surface area contributed by atoms with Gasteiger partial charge in [-0.3, -0.25) is 0 Å². The van der Waals surface area contributed by atoms with Gasteiger partial charge >= 0.3 is 0 Å². The smallest absolute Gasteiger partial charge is 0.183 e. The molecule has 0 bridgehead atoms. The predicted molar refractivity (Wildman–Crippen MR) is 84.4 cm³/mol. The van der Waals surface area contributed by atoms with Gasteiger partial charge < -0.3 is 0 Å². The van der Waals surface area contributed by atoms with Gasteiger partial charge in [0.05, 0.1) is 18.1 Å². The van der Waals surface area contributed by atoms with Crippen LogP contribution >= 0.6 is 43.2 Å². The highest BCUT2D eigenvalue weighted by atomic mass is 79.9. The third kappa shape index (κ3) is 3.09. The molecular weight excluding hydrogens is 440 g/mol. The van der Waals surface area contributed by atoms with Crippen molar-refractivity contribution in [2.45, 2.75) is 48.0 Å². The number of hydrogen-bond donors (Lipinski definition) is 0. The molecule has 0 spiro atoms. The topological polar surface area (TPSA) is 68.3 Å². The van der Waals surface area contributed by atoms with Crippen molar-refractivity contribution < 1.29 is 16.8 Å². The fraction of sp³-hybridized carbons (Fsp3) is 0.600. The zero-order chi connectivity index (χ0) is 15.2. The largest absolute Gasteiger partial charge is 0.223 e. The quantitative estimate of drug-likeness (QED) is 0.697. The molecule has 0 amide bonds. The van der Waals surface area contributed by atoms with Crippen LogP contribution in [-0.4, -0.2) is 27.3 Å². The molecule has 1 aromatic heterocycles. The Bertz CT molecular complexity index is 626. The number of hydrogen-bond acceptors (Lipinski definition) is 5. The summed E-state index contributed by atoms with van der Waals surface area (Å²) in [5.74, 6) is 0. The lowest BCUT2D eigenvalue weighted by Gasteiger charge is -2.12. The zero-order valence-electron chi connectivity index (χ0n) is 10.8. The predicted octanol–water partition coefficient (Wildman–Crippen LogP) is 3.64. The summed E-state index contributed by atoms with van der Waals surface area (Å²) in [6.07, 6.45) is 0. The van der Waals surface area contributed by atoms with Gasteiger partial charge in [-0.25, -0.2) is 16.8 Å². The third-order valence-electron chi connectivity index (χ3n) is 2.55. The van der Waals surface area contributed by atoms with Crippen LogP contribution in [0.4, 0.5) is 0 Å². The van der Waals surface area contributed by atoms with E-state index in [1.807, 2.05) is 0 Å². The van der Waals surface area contributed by atoms with E-state index in [1.165, 1.54) is 27.7 Å². The second kappa shape index (κ2) is 5.75. The lowest BCUT2D eigenvalue weighted by atomic mass is 10.6. The van der Waals surface area contributed by atoms with Gasteiger partial charge in [-0.15, -0.1) is 11.3 Å². The minimum atomic E-state index is -3.68. The summed E-state index contributed by atoms with van der Waals surface area (Å²) in [6.45, 7) is 6.11. The normalized spacial score (nSPS) is 13.5. The van der Waals surface area contributed by atoms with E-state index in [1.54, 1.807) is 0 Å². The zero-order valence-corrected chi connectivity index (χ0v) is 16.4. The Morgan fingerprint density at radius 1 is 0.789 bits per heavy atom. The van der Waals surface area contributed by atoms with Crippen LogP contribution < -0.4 is 0 Å². The summed E-state index contributed by atoms with van der Waals surface area (Å²) in [7, 11) is -7.36. The SMILES string of the molecule is CC(C)S(=O)(=O)c1c(Br)sc(Br)c1S(=O)(=O)C(C)C. The molecule has 0 aromatic carbocycles. The summed E-state index contributed by atoms with van der Waals surface area (Å²) >= 11 is 7.38. The van der Waals surface area contributed by atoms with Gasteiger partial charge in [0.2, 0.25) is 0 Å². The van der Waals surface area contributed by atoms with Crippen LogP contribution in [0.2, 0.25) is 0 Å². The second-order valence-electron chi connectivity index (χ2n) is 4.50. The third-order valence-corrected chi connectivity index (χ3v) is 10.4. The Kier molecular flexibility index (Phi) is 5.33. The molecule has 0 saturated heterocycles. The standard InChI is InChI=1S/C10H14Br2O4S3/c1-5(2)18(13,14)7-8(10(12)17-9(7)11)19(15,16)6(3)4/h5-6H,1-4H3. The maximum Gasteiger partial charge on any atom is 0.183 e. The number of rotatable bonds is 4. The lowest BCUT2D eigenvalue weighted by molar-refractivity contribution is 0.574. The average Bonchev–Trinajstić information content (AvgIpc) is 2.53. The van der Waals surface area contributed by atoms with E-state index in [4.69, 9.17) is 0 Å².